The van der Waals surface area contributed by atoms with Crippen molar-refractivity contribution in [2.45, 2.75) is 48.9 Å². The van der Waals surface area contributed by atoms with E-state index in [2.05, 4.69) is 15.1 Å². The SMILES string of the molecule is Nc1cc(N)nc(SC2CCCCCC/C2=N/O)n1. The Balaban J connectivity index is 2.13. The topological polar surface area (TPSA) is 110 Å². The first-order valence-corrected chi connectivity index (χ1v) is 7.34. The molecule has 0 saturated heterocycles. The summed E-state index contributed by atoms with van der Waals surface area (Å²) in [5, 5.41) is 13.2. The molecule has 0 radical (unpaired) electrons. The van der Waals surface area contributed by atoms with Gasteiger partial charge < -0.3 is 16.7 Å². The molecule has 0 spiro atoms. The van der Waals surface area contributed by atoms with Crippen molar-refractivity contribution in [3.05, 3.63) is 6.07 Å². The number of nitrogens with zero attached hydrogens (tertiary/aromatic N) is 3. The molecule has 7 heteroatoms. The van der Waals surface area contributed by atoms with Crippen LogP contribution < -0.4 is 11.5 Å². The van der Waals surface area contributed by atoms with Gasteiger partial charge in [0.25, 0.3) is 0 Å². The maximum absolute atomic E-state index is 9.15. The third kappa shape index (κ3) is 3.99. The number of thioether (sulfide) groups is 1. The van der Waals surface area contributed by atoms with Crippen LogP contribution >= 0.6 is 11.8 Å². The molecule has 1 unspecified atom stereocenters. The monoisotopic (exact) mass is 281 g/mol. The maximum Gasteiger partial charge on any atom is 0.192 e. The molecule has 1 saturated carbocycles. The van der Waals surface area contributed by atoms with E-state index >= 15 is 0 Å². The van der Waals surface area contributed by atoms with Crippen molar-refractivity contribution in [2.75, 3.05) is 11.5 Å². The lowest BCUT2D eigenvalue weighted by Gasteiger charge is -2.19. The Hall–Kier alpha value is -1.50. The van der Waals surface area contributed by atoms with E-state index in [1.807, 2.05) is 0 Å². The quantitative estimate of drug-likeness (QED) is 0.436. The molecule has 1 fully saturated rings. The van der Waals surface area contributed by atoms with Gasteiger partial charge in [0.15, 0.2) is 5.16 Å². The van der Waals surface area contributed by atoms with Gasteiger partial charge in [-0.25, -0.2) is 9.97 Å². The highest BCUT2D eigenvalue weighted by molar-refractivity contribution is 8.00. The molecule has 6 nitrogen and oxygen atoms in total. The average Bonchev–Trinajstić information content (AvgIpc) is 2.32. The molecule has 1 aliphatic rings. The Bertz CT molecular complexity index is 445. The van der Waals surface area contributed by atoms with Crippen LogP contribution in [-0.4, -0.2) is 26.1 Å². The van der Waals surface area contributed by atoms with Crippen molar-refractivity contribution in [1.29, 1.82) is 0 Å². The molecule has 5 N–H and O–H groups in total. The molecule has 0 aliphatic heterocycles. The van der Waals surface area contributed by atoms with Crippen LogP contribution in [0.3, 0.4) is 0 Å². The van der Waals surface area contributed by atoms with E-state index in [0.29, 0.717) is 16.8 Å². The fraction of sp³-hybridized carbons (Fsp3) is 0.583. The van der Waals surface area contributed by atoms with E-state index < -0.39 is 0 Å². The van der Waals surface area contributed by atoms with Gasteiger partial charge in [0, 0.05) is 6.07 Å². The zero-order chi connectivity index (χ0) is 13.7. The molecule has 1 aliphatic carbocycles. The third-order valence-corrected chi connectivity index (χ3v) is 4.33. The van der Waals surface area contributed by atoms with Crippen LogP contribution in [0.4, 0.5) is 11.6 Å². The summed E-state index contributed by atoms with van der Waals surface area (Å²) in [6.07, 6.45) is 6.38. The lowest BCUT2D eigenvalue weighted by Crippen LogP contribution is -2.20. The standard InChI is InChI=1S/C12H19N5OS/c13-10-7-11(14)16-12(15-10)19-9-6-4-2-1-3-5-8(9)17-18/h7,9,18H,1-6H2,(H4,13,14,15,16)/b17-8-. The molecule has 0 amide bonds. The molecular formula is C12H19N5OS. The summed E-state index contributed by atoms with van der Waals surface area (Å²) in [6.45, 7) is 0. The average molecular weight is 281 g/mol. The second-order valence-corrected chi connectivity index (χ2v) is 5.82. The van der Waals surface area contributed by atoms with Crippen molar-refractivity contribution in [1.82, 2.24) is 9.97 Å². The number of hydrogen-bond donors (Lipinski definition) is 3. The number of rotatable bonds is 2. The Morgan fingerprint density at radius 2 is 1.84 bits per heavy atom. The zero-order valence-electron chi connectivity index (χ0n) is 10.7. The first kappa shape index (κ1) is 13.9. The summed E-state index contributed by atoms with van der Waals surface area (Å²) < 4.78 is 0. The van der Waals surface area contributed by atoms with Crippen molar-refractivity contribution < 1.29 is 5.21 Å². The summed E-state index contributed by atoms with van der Waals surface area (Å²) in [7, 11) is 0. The van der Waals surface area contributed by atoms with E-state index in [0.717, 1.165) is 31.4 Å². The summed E-state index contributed by atoms with van der Waals surface area (Å²) in [5.41, 5.74) is 12.1. The Labute approximate surface area is 116 Å². The van der Waals surface area contributed by atoms with Crippen LogP contribution in [0.25, 0.3) is 0 Å². The van der Waals surface area contributed by atoms with Crippen LogP contribution in [0, 0.1) is 0 Å². The molecule has 1 aromatic rings. The van der Waals surface area contributed by atoms with Gasteiger partial charge in [0.1, 0.15) is 11.6 Å². The minimum absolute atomic E-state index is 0.103. The first-order chi connectivity index (χ1) is 9.19. The van der Waals surface area contributed by atoms with Crippen molar-refractivity contribution in [3.8, 4) is 0 Å². The normalized spacial score (nSPS) is 22.9. The zero-order valence-corrected chi connectivity index (χ0v) is 11.6. The van der Waals surface area contributed by atoms with Gasteiger partial charge in [0.05, 0.1) is 11.0 Å². The molecule has 104 valence electrons. The fourth-order valence-corrected chi connectivity index (χ4v) is 3.36. The van der Waals surface area contributed by atoms with E-state index in [4.69, 9.17) is 16.7 Å². The van der Waals surface area contributed by atoms with Gasteiger partial charge in [-0.1, -0.05) is 36.2 Å². The maximum atomic E-state index is 9.15. The van der Waals surface area contributed by atoms with Crippen LogP contribution in [0.15, 0.2) is 16.4 Å². The minimum atomic E-state index is 0.103. The number of nitrogen functional groups attached to an aromatic ring is 2. The summed E-state index contributed by atoms with van der Waals surface area (Å²) in [4.78, 5) is 8.33. The molecule has 0 bridgehead atoms. The van der Waals surface area contributed by atoms with E-state index in [-0.39, 0.29) is 5.25 Å². The molecule has 2 rings (SSSR count). The highest BCUT2D eigenvalue weighted by Crippen LogP contribution is 2.29. The smallest absolute Gasteiger partial charge is 0.192 e. The van der Waals surface area contributed by atoms with Crippen LogP contribution in [0.1, 0.15) is 38.5 Å². The van der Waals surface area contributed by atoms with Gasteiger partial charge in [-0.15, -0.1) is 0 Å². The first-order valence-electron chi connectivity index (χ1n) is 6.46. The lowest BCUT2D eigenvalue weighted by molar-refractivity contribution is 0.315. The van der Waals surface area contributed by atoms with Crippen molar-refractivity contribution >= 4 is 29.1 Å². The van der Waals surface area contributed by atoms with Gasteiger partial charge in [-0.2, -0.15) is 0 Å². The Kier molecular flexibility index (Phi) is 4.84. The lowest BCUT2D eigenvalue weighted by atomic mass is 9.99. The summed E-state index contributed by atoms with van der Waals surface area (Å²) in [6, 6.07) is 1.53. The van der Waals surface area contributed by atoms with Gasteiger partial charge >= 0.3 is 0 Å². The van der Waals surface area contributed by atoms with E-state index in [9.17, 15) is 0 Å². The van der Waals surface area contributed by atoms with Crippen molar-refractivity contribution in [3.63, 3.8) is 0 Å². The molecule has 0 aromatic carbocycles. The van der Waals surface area contributed by atoms with Crippen LogP contribution in [0.2, 0.25) is 0 Å². The van der Waals surface area contributed by atoms with Crippen LogP contribution in [0.5, 0.6) is 0 Å². The second kappa shape index (κ2) is 6.60. The van der Waals surface area contributed by atoms with Crippen molar-refractivity contribution in [2.24, 2.45) is 5.16 Å². The number of oxime groups is 1. The molecule has 1 aromatic heterocycles. The minimum Gasteiger partial charge on any atom is -0.411 e. The Morgan fingerprint density at radius 1 is 1.16 bits per heavy atom. The number of anilines is 2. The summed E-state index contributed by atoms with van der Waals surface area (Å²) in [5.74, 6) is 0.728. The summed E-state index contributed by atoms with van der Waals surface area (Å²) >= 11 is 1.48. The molecule has 1 atom stereocenters. The van der Waals surface area contributed by atoms with Gasteiger partial charge in [-0.3, -0.25) is 0 Å². The second-order valence-electron chi connectivity index (χ2n) is 4.65. The predicted molar refractivity (Wildman–Crippen MR) is 77.4 cm³/mol. The van der Waals surface area contributed by atoms with Gasteiger partial charge in [-0.05, 0) is 19.3 Å². The number of hydrogen-bond acceptors (Lipinski definition) is 7. The van der Waals surface area contributed by atoms with Crippen LogP contribution in [-0.2, 0) is 0 Å². The van der Waals surface area contributed by atoms with E-state index in [1.165, 1.54) is 30.7 Å². The Morgan fingerprint density at radius 3 is 2.53 bits per heavy atom. The molecule has 19 heavy (non-hydrogen) atoms. The highest BCUT2D eigenvalue weighted by atomic mass is 32.2. The third-order valence-electron chi connectivity index (χ3n) is 3.14. The van der Waals surface area contributed by atoms with Gasteiger partial charge in [0.2, 0.25) is 0 Å². The largest absolute Gasteiger partial charge is 0.411 e. The molecule has 1 heterocycles. The number of nitrogens with two attached hydrogens (primary N) is 2. The predicted octanol–water partition coefficient (Wildman–Crippen LogP) is 2.29. The molecular weight excluding hydrogens is 262 g/mol. The highest BCUT2D eigenvalue weighted by Gasteiger charge is 2.21. The van der Waals surface area contributed by atoms with E-state index in [1.54, 1.807) is 0 Å². The number of aromatic nitrogens is 2. The fourth-order valence-electron chi connectivity index (χ4n) is 2.20.